The summed E-state index contributed by atoms with van der Waals surface area (Å²) in [6.45, 7) is 4.43. The van der Waals surface area contributed by atoms with Gasteiger partial charge >= 0.3 is 19.8 Å². The minimum atomic E-state index is -4.37. The molecule has 10 heteroatoms. The summed E-state index contributed by atoms with van der Waals surface area (Å²) in [5.41, 5.74) is 0. The second-order valence-electron chi connectivity index (χ2n) is 17.9. The van der Waals surface area contributed by atoms with Crippen LogP contribution >= 0.6 is 7.82 Å². The Morgan fingerprint density at radius 1 is 0.525 bits per heavy atom. The molecule has 9 nitrogen and oxygen atoms in total. The van der Waals surface area contributed by atoms with Crippen molar-refractivity contribution in [2.75, 3.05) is 47.5 Å². The molecule has 0 heterocycles. The first kappa shape index (κ1) is 57.5. The summed E-state index contributed by atoms with van der Waals surface area (Å²) >= 11 is 0. The van der Waals surface area contributed by atoms with Crippen molar-refractivity contribution < 1.29 is 42.1 Å². The highest BCUT2D eigenvalue weighted by Crippen LogP contribution is 2.43. The summed E-state index contributed by atoms with van der Waals surface area (Å²) in [6, 6.07) is 0. The Labute approximate surface area is 364 Å². The summed E-state index contributed by atoms with van der Waals surface area (Å²) in [7, 11) is 1.48. The van der Waals surface area contributed by atoms with Crippen LogP contribution < -0.4 is 0 Å². The SMILES string of the molecule is CCCCCCC/C=C\C/C=C\CCCCCCCCCCCCCC(=O)OC(COC(=O)CCCCCCCCCCCCCC)COP(=O)(O)OCC[N+](C)(C)C. The maximum Gasteiger partial charge on any atom is 0.472 e. The van der Waals surface area contributed by atoms with E-state index in [-0.39, 0.29) is 25.6 Å². The van der Waals surface area contributed by atoms with E-state index in [4.69, 9.17) is 18.5 Å². The van der Waals surface area contributed by atoms with Gasteiger partial charge < -0.3 is 18.9 Å². The summed E-state index contributed by atoms with van der Waals surface area (Å²) in [4.78, 5) is 35.4. The summed E-state index contributed by atoms with van der Waals surface area (Å²) < 4.78 is 34.4. The summed E-state index contributed by atoms with van der Waals surface area (Å²) in [5, 5.41) is 0. The van der Waals surface area contributed by atoms with Crippen molar-refractivity contribution in [3.8, 4) is 0 Å². The molecule has 0 spiro atoms. The van der Waals surface area contributed by atoms with Crippen molar-refractivity contribution in [2.45, 2.75) is 232 Å². The molecule has 0 bridgehead atoms. The van der Waals surface area contributed by atoms with Crippen molar-refractivity contribution in [1.82, 2.24) is 0 Å². The topological polar surface area (TPSA) is 108 Å². The van der Waals surface area contributed by atoms with Gasteiger partial charge in [-0.2, -0.15) is 0 Å². The number of carbonyl (C=O) groups is 2. The van der Waals surface area contributed by atoms with Crippen molar-refractivity contribution in [3.05, 3.63) is 24.3 Å². The molecule has 1 N–H and O–H groups in total. The van der Waals surface area contributed by atoms with Crippen molar-refractivity contribution in [2.24, 2.45) is 0 Å². The quantitative estimate of drug-likeness (QED) is 0.0212. The molecule has 0 saturated carbocycles. The van der Waals surface area contributed by atoms with Crippen LogP contribution in [0.2, 0.25) is 0 Å². The van der Waals surface area contributed by atoms with Crippen LogP contribution in [0.3, 0.4) is 0 Å². The predicted molar refractivity (Wildman–Crippen MR) is 247 cm³/mol. The van der Waals surface area contributed by atoms with Gasteiger partial charge in [-0.1, -0.05) is 192 Å². The van der Waals surface area contributed by atoms with Crippen molar-refractivity contribution in [3.63, 3.8) is 0 Å². The van der Waals surface area contributed by atoms with Crippen LogP contribution in [0.25, 0.3) is 0 Å². The minimum absolute atomic E-state index is 0.0335. The third-order valence-electron chi connectivity index (χ3n) is 10.7. The molecule has 0 amide bonds. The van der Waals surface area contributed by atoms with Gasteiger partial charge in [0.15, 0.2) is 6.10 Å². The summed E-state index contributed by atoms with van der Waals surface area (Å²) in [6.07, 6.45) is 46.5. The standard InChI is InChI=1S/C49H94NO8P/c1-6-8-10-12-14-16-18-20-21-22-23-24-25-26-27-28-29-30-32-34-36-38-40-42-49(52)58-47(46-57-59(53,54)56-44-43-50(3,4)5)45-55-48(51)41-39-37-35-33-31-19-17-15-13-11-9-7-2/h18,20,22-23,47H,6-17,19,21,24-46H2,1-5H3/p+1/b20-18-,23-22-. The van der Waals surface area contributed by atoms with Gasteiger partial charge in [0.05, 0.1) is 27.7 Å². The molecule has 0 rings (SSSR count). The number of rotatable bonds is 45. The van der Waals surface area contributed by atoms with Gasteiger partial charge in [0, 0.05) is 12.8 Å². The third-order valence-corrected chi connectivity index (χ3v) is 11.7. The second-order valence-corrected chi connectivity index (χ2v) is 19.3. The lowest BCUT2D eigenvalue weighted by molar-refractivity contribution is -0.870. The van der Waals surface area contributed by atoms with Gasteiger partial charge in [-0.15, -0.1) is 0 Å². The first-order valence-corrected chi connectivity index (χ1v) is 26.1. The number of carbonyl (C=O) groups excluding carboxylic acids is 2. The Morgan fingerprint density at radius 2 is 0.915 bits per heavy atom. The lowest BCUT2D eigenvalue weighted by Crippen LogP contribution is -2.37. The molecule has 0 aliphatic carbocycles. The van der Waals surface area contributed by atoms with E-state index in [0.717, 1.165) is 38.5 Å². The normalized spacial score (nSPS) is 13.7. The highest BCUT2D eigenvalue weighted by molar-refractivity contribution is 7.47. The third kappa shape index (κ3) is 45.8. The molecule has 0 aliphatic heterocycles. The van der Waals surface area contributed by atoms with Crippen molar-refractivity contribution in [1.29, 1.82) is 0 Å². The Balaban J connectivity index is 4.21. The monoisotopic (exact) mass is 857 g/mol. The van der Waals surface area contributed by atoms with Gasteiger partial charge in [0.1, 0.15) is 19.8 Å². The molecule has 0 saturated heterocycles. The van der Waals surface area contributed by atoms with E-state index in [1.165, 1.54) is 154 Å². The average molecular weight is 857 g/mol. The van der Waals surface area contributed by atoms with Crippen LogP contribution in [0.4, 0.5) is 0 Å². The molecule has 2 unspecified atom stereocenters. The van der Waals surface area contributed by atoms with Gasteiger partial charge in [0.25, 0.3) is 0 Å². The van der Waals surface area contributed by atoms with Crippen LogP contribution in [0.15, 0.2) is 24.3 Å². The second kappa shape index (κ2) is 41.8. The Kier molecular flexibility index (Phi) is 40.8. The van der Waals surface area contributed by atoms with Crippen LogP contribution in [0.1, 0.15) is 226 Å². The zero-order valence-electron chi connectivity index (χ0n) is 39.2. The van der Waals surface area contributed by atoms with E-state index in [9.17, 15) is 19.0 Å². The largest absolute Gasteiger partial charge is 0.472 e. The van der Waals surface area contributed by atoms with E-state index in [1.54, 1.807) is 0 Å². The molecule has 0 aromatic rings. The van der Waals surface area contributed by atoms with Crippen molar-refractivity contribution >= 4 is 19.8 Å². The number of quaternary nitrogens is 1. The minimum Gasteiger partial charge on any atom is -0.462 e. The lowest BCUT2D eigenvalue weighted by atomic mass is 10.0. The van der Waals surface area contributed by atoms with E-state index in [2.05, 4.69) is 38.2 Å². The maximum atomic E-state index is 12.7. The average Bonchev–Trinajstić information content (AvgIpc) is 3.19. The number of phosphoric acid groups is 1. The zero-order chi connectivity index (χ0) is 43.6. The molecule has 0 aliphatic rings. The Bertz CT molecular complexity index is 1060. The summed E-state index contributed by atoms with van der Waals surface area (Å²) in [5.74, 6) is -0.792. The first-order chi connectivity index (χ1) is 28.5. The number of hydrogen-bond donors (Lipinski definition) is 1. The lowest BCUT2D eigenvalue weighted by Gasteiger charge is -2.24. The molecule has 2 atom stereocenters. The van der Waals surface area contributed by atoms with Crippen LogP contribution in [-0.4, -0.2) is 74.9 Å². The fraction of sp³-hybridized carbons (Fsp3) is 0.878. The maximum absolute atomic E-state index is 12.7. The molecule has 0 aromatic heterocycles. The van der Waals surface area contributed by atoms with Crippen LogP contribution in [-0.2, 0) is 32.7 Å². The number of nitrogens with zero attached hydrogens (tertiary/aromatic N) is 1. The molecule has 348 valence electrons. The van der Waals surface area contributed by atoms with Gasteiger partial charge in [-0.3, -0.25) is 18.6 Å². The number of hydrogen-bond acceptors (Lipinski definition) is 7. The number of esters is 2. The van der Waals surface area contributed by atoms with E-state index < -0.39 is 26.5 Å². The fourth-order valence-electron chi connectivity index (χ4n) is 6.87. The Hall–Kier alpha value is -1.51. The van der Waals surface area contributed by atoms with Crippen LogP contribution in [0.5, 0.6) is 0 Å². The fourth-order valence-corrected chi connectivity index (χ4v) is 7.61. The van der Waals surface area contributed by atoms with Gasteiger partial charge in [0.2, 0.25) is 0 Å². The van der Waals surface area contributed by atoms with E-state index in [1.807, 2.05) is 21.1 Å². The number of unbranched alkanes of at least 4 members (excludes halogenated alkanes) is 27. The molecule has 0 radical (unpaired) electrons. The smallest absolute Gasteiger partial charge is 0.462 e. The molecule has 59 heavy (non-hydrogen) atoms. The highest BCUT2D eigenvalue weighted by atomic mass is 31.2. The first-order valence-electron chi connectivity index (χ1n) is 24.6. The highest BCUT2D eigenvalue weighted by Gasteiger charge is 2.27. The van der Waals surface area contributed by atoms with Crippen LogP contribution in [0, 0.1) is 0 Å². The molecular weight excluding hydrogens is 762 g/mol. The number of likely N-dealkylation sites (N-methyl/N-ethyl adjacent to an activating group) is 1. The number of allylic oxidation sites excluding steroid dienone is 4. The predicted octanol–water partition coefficient (Wildman–Crippen LogP) is 14.3. The van der Waals surface area contributed by atoms with E-state index in [0.29, 0.717) is 23.9 Å². The van der Waals surface area contributed by atoms with E-state index >= 15 is 0 Å². The molecule has 0 fully saturated rings. The van der Waals surface area contributed by atoms with Gasteiger partial charge in [-0.05, 0) is 44.9 Å². The zero-order valence-corrected chi connectivity index (χ0v) is 40.1. The number of phosphoric ester groups is 1. The van der Waals surface area contributed by atoms with Gasteiger partial charge in [-0.25, -0.2) is 4.57 Å². The molecular formula is C49H95NO8P+. The Morgan fingerprint density at radius 3 is 1.34 bits per heavy atom. The molecule has 0 aromatic carbocycles. The number of ether oxygens (including phenoxy) is 2.